The highest BCUT2D eigenvalue weighted by Crippen LogP contribution is 2.37. The van der Waals surface area contributed by atoms with Crippen molar-refractivity contribution in [2.24, 2.45) is 5.84 Å². The molecule has 0 spiro atoms. The number of sulfonamides is 1. The summed E-state index contributed by atoms with van der Waals surface area (Å²) in [5, 5.41) is 0.475. The topological polar surface area (TPSA) is 110 Å². The van der Waals surface area contributed by atoms with Crippen molar-refractivity contribution in [1.29, 1.82) is 0 Å². The lowest BCUT2D eigenvalue weighted by molar-refractivity contribution is -0.135. The highest BCUT2D eigenvalue weighted by molar-refractivity contribution is 7.89. The number of aryl methyl sites for hydroxylation is 1. The number of rotatable bonds is 4. The van der Waals surface area contributed by atoms with Crippen LogP contribution in [0.1, 0.15) is 55.9 Å². The van der Waals surface area contributed by atoms with Gasteiger partial charge in [-0.3, -0.25) is 4.79 Å². The van der Waals surface area contributed by atoms with Crippen molar-refractivity contribution in [2.45, 2.75) is 70.4 Å². The number of amides is 2. The molecule has 196 valence electrons. The third-order valence-electron chi connectivity index (χ3n) is 6.27. The summed E-state index contributed by atoms with van der Waals surface area (Å²) < 4.78 is 48.8. The van der Waals surface area contributed by atoms with Crippen LogP contribution in [-0.4, -0.2) is 47.9 Å². The van der Waals surface area contributed by atoms with Crippen LogP contribution in [0.25, 0.3) is 0 Å². The molecular weight excluding hydrogens is 509 g/mol. The van der Waals surface area contributed by atoms with Gasteiger partial charge in [-0.25, -0.2) is 23.4 Å². The summed E-state index contributed by atoms with van der Waals surface area (Å²) in [6.07, 6.45) is -0.863. The molecule has 2 aromatic carbocycles. The number of halogens is 2. The first-order valence-electron chi connectivity index (χ1n) is 11.4. The second-order valence-corrected chi connectivity index (χ2v) is 12.2. The maximum atomic E-state index is 15.1. The molecule has 0 bridgehead atoms. The molecule has 11 heteroatoms. The molecule has 2 atom stereocenters. The van der Waals surface area contributed by atoms with Crippen molar-refractivity contribution in [3.8, 4) is 0 Å². The third-order valence-corrected chi connectivity index (χ3v) is 8.47. The first-order chi connectivity index (χ1) is 16.6. The van der Waals surface area contributed by atoms with E-state index in [0.29, 0.717) is 11.1 Å². The summed E-state index contributed by atoms with van der Waals surface area (Å²) in [6, 6.07) is 5.86. The Morgan fingerprint density at radius 2 is 1.83 bits per heavy atom. The number of carbonyl (C=O) groups excluding carboxylic acids is 2. The first-order valence-corrected chi connectivity index (χ1v) is 13.3. The zero-order chi connectivity index (χ0) is 27.2. The van der Waals surface area contributed by atoms with Crippen LogP contribution >= 0.6 is 11.6 Å². The van der Waals surface area contributed by atoms with Crippen LogP contribution in [-0.2, 0) is 26.0 Å². The van der Waals surface area contributed by atoms with Crippen molar-refractivity contribution in [3.05, 3.63) is 63.4 Å². The summed E-state index contributed by atoms with van der Waals surface area (Å²) in [5.74, 6) is 3.25. The highest BCUT2D eigenvalue weighted by Gasteiger charge is 2.46. The molecule has 0 fully saturated rings. The zero-order valence-corrected chi connectivity index (χ0v) is 22.7. The minimum atomic E-state index is -4.26. The molecule has 0 saturated heterocycles. The average molecular weight is 540 g/mol. The lowest BCUT2D eigenvalue weighted by atomic mass is 9.87. The molecule has 2 amide bonds. The Morgan fingerprint density at radius 1 is 1.19 bits per heavy atom. The quantitative estimate of drug-likeness (QED) is 0.349. The van der Waals surface area contributed by atoms with Crippen LogP contribution in [0.5, 0.6) is 0 Å². The van der Waals surface area contributed by atoms with E-state index in [4.69, 9.17) is 22.2 Å². The fraction of sp³-hybridized carbons (Fsp3) is 0.440. The fourth-order valence-corrected chi connectivity index (χ4v) is 6.56. The summed E-state index contributed by atoms with van der Waals surface area (Å²) in [7, 11) is -4.26. The number of ether oxygens (including phenoxy) is 1. The molecule has 0 aromatic heterocycles. The Labute approximate surface area is 216 Å². The Balaban J connectivity index is 2.16. The first kappa shape index (κ1) is 28.0. The van der Waals surface area contributed by atoms with Gasteiger partial charge in [-0.2, -0.15) is 9.31 Å². The number of imide groups is 1. The van der Waals surface area contributed by atoms with Crippen LogP contribution in [0.15, 0.2) is 35.2 Å². The molecule has 36 heavy (non-hydrogen) atoms. The SMILES string of the molecule is Cc1ccc(F)c(C(C)[C@@H](C(=O)N(N)C(=O)OC(C)(C)C)N2CCc3ccc(Cl)cc3S2(=O)=O)c1C. The molecule has 2 aromatic rings. The van der Waals surface area contributed by atoms with E-state index in [9.17, 15) is 18.0 Å². The number of nitrogens with zero attached hydrogens (tertiary/aromatic N) is 2. The van der Waals surface area contributed by atoms with Gasteiger partial charge in [-0.15, -0.1) is 0 Å². The number of benzene rings is 2. The van der Waals surface area contributed by atoms with E-state index in [1.807, 2.05) is 0 Å². The van der Waals surface area contributed by atoms with Crippen LogP contribution in [0.4, 0.5) is 9.18 Å². The molecule has 0 aliphatic carbocycles. The van der Waals surface area contributed by atoms with Gasteiger partial charge in [-0.1, -0.05) is 30.7 Å². The molecule has 8 nitrogen and oxygen atoms in total. The van der Waals surface area contributed by atoms with E-state index in [-0.39, 0.29) is 33.5 Å². The van der Waals surface area contributed by atoms with Crippen molar-refractivity contribution in [3.63, 3.8) is 0 Å². The van der Waals surface area contributed by atoms with Crippen LogP contribution in [0.2, 0.25) is 5.02 Å². The van der Waals surface area contributed by atoms with E-state index < -0.39 is 45.4 Å². The molecule has 1 heterocycles. The van der Waals surface area contributed by atoms with E-state index in [1.165, 1.54) is 12.1 Å². The maximum Gasteiger partial charge on any atom is 0.431 e. The standard InChI is InChI=1S/C25H31ClFN3O5S/c1-14-7-10-19(27)21(15(14)2)16(3)22(23(31)30(28)24(32)35-25(4,5)6)29-12-11-17-8-9-18(26)13-20(17)36(29,33)34/h7-10,13,16,22H,11-12,28H2,1-6H3/t16?,22-/m0/s1. The summed E-state index contributed by atoms with van der Waals surface area (Å²) in [5.41, 5.74) is 1.09. The van der Waals surface area contributed by atoms with Crippen molar-refractivity contribution in [1.82, 2.24) is 9.31 Å². The van der Waals surface area contributed by atoms with E-state index in [0.717, 1.165) is 9.87 Å². The van der Waals surface area contributed by atoms with Gasteiger partial charge in [0.25, 0.3) is 5.91 Å². The Hall–Kier alpha value is -2.53. The summed E-state index contributed by atoms with van der Waals surface area (Å²) in [6.45, 7) is 9.75. The molecule has 1 unspecified atom stereocenters. The van der Waals surface area contributed by atoms with Gasteiger partial charge in [0.1, 0.15) is 17.5 Å². The molecule has 3 rings (SSSR count). The predicted molar refractivity (Wildman–Crippen MR) is 134 cm³/mol. The zero-order valence-electron chi connectivity index (χ0n) is 21.1. The Bertz CT molecular complexity index is 1310. The van der Waals surface area contributed by atoms with E-state index >= 15 is 4.39 Å². The van der Waals surface area contributed by atoms with Gasteiger partial charge in [0.05, 0.1) is 4.90 Å². The smallest absolute Gasteiger partial charge is 0.431 e. The lowest BCUT2D eigenvalue weighted by Gasteiger charge is -2.38. The number of hydrogen-bond donors (Lipinski definition) is 1. The van der Waals surface area contributed by atoms with Crippen LogP contribution in [0.3, 0.4) is 0 Å². The normalized spacial score (nSPS) is 17.1. The molecular formula is C25H31ClFN3O5S. The summed E-state index contributed by atoms with van der Waals surface area (Å²) in [4.78, 5) is 26.3. The van der Waals surface area contributed by atoms with Crippen molar-refractivity contribution < 1.29 is 27.1 Å². The fourth-order valence-electron chi connectivity index (χ4n) is 4.39. The second-order valence-electron chi connectivity index (χ2n) is 9.94. The number of nitrogens with two attached hydrogens (primary N) is 1. The van der Waals surface area contributed by atoms with Gasteiger partial charge in [0.2, 0.25) is 10.0 Å². The van der Waals surface area contributed by atoms with Crippen LogP contribution in [0, 0.1) is 19.7 Å². The minimum Gasteiger partial charge on any atom is -0.442 e. The van der Waals surface area contributed by atoms with Gasteiger partial charge in [0, 0.05) is 17.5 Å². The molecule has 1 aliphatic heterocycles. The van der Waals surface area contributed by atoms with E-state index in [1.54, 1.807) is 59.7 Å². The molecule has 1 aliphatic rings. The Kier molecular flexibility index (Phi) is 7.86. The monoisotopic (exact) mass is 539 g/mol. The summed E-state index contributed by atoms with van der Waals surface area (Å²) >= 11 is 6.08. The average Bonchev–Trinajstić information content (AvgIpc) is 2.77. The molecule has 0 saturated carbocycles. The van der Waals surface area contributed by atoms with Crippen molar-refractivity contribution >= 4 is 33.6 Å². The maximum absolute atomic E-state index is 15.1. The molecule has 0 radical (unpaired) electrons. The Morgan fingerprint density at radius 3 is 2.44 bits per heavy atom. The predicted octanol–water partition coefficient (Wildman–Crippen LogP) is 4.45. The second kappa shape index (κ2) is 10.1. The highest BCUT2D eigenvalue weighted by atomic mass is 35.5. The van der Waals surface area contributed by atoms with E-state index in [2.05, 4.69) is 0 Å². The number of fused-ring (bicyclic) bond motifs is 1. The van der Waals surface area contributed by atoms with Gasteiger partial charge < -0.3 is 4.74 Å². The third kappa shape index (κ3) is 5.41. The lowest BCUT2D eigenvalue weighted by Crippen LogP contribution is -2.58. The number of carbonyl (C=O) groups is 2. The largest absolute Gasteiger partial charge is 0.442 e. The van der Waals surface area contributed by atoms with Crippen molar-refractivity contribution in [2.75, 3.05) is 6.54 Å². The molecule has 2 N–H and O–H groups in total. The number of hydrogen-bond acceptors (Lipinski definition) is 6. The van der Waals surface area contributed by atoms with Gasteiger partial charge in [0.15, 0.2) is 0 Å². The number of hydrazine groups is 1. The van der Waals surface area contributed by atoms with Gasteiger partial charge >= 0.3 is 6.09 Å². The van der Waals surface area contributed by atoms with Gasteiger partial charge in [-0.05, 0) is 81.5 Å². The van der Waals surface area contributed by atoms with Crippen LogP contribution < -0.4 is 5.84 Å². The minimum absolute atomic E-state index is 0.0477.